The molecule has 0 aliphatic carbocycles. The van der Waals surface area contributed by atoms with Crippen molar-refractivity contribution in [1.29, 1.82) is 0 Å². The van der Waals surface area contributed by atoms with Crippen LogP contribution in [0.5, 0.6) is 0 Å². The van der Waals surface area contributed by atoms with Crippen molar-refractivity contribution < 1.29 is 4.39 Å². The Labute approximate surface area is 126 Å². The second-order valence-corrected chi connectivity index (χ2v) is 5.57. The van der Waals surface area contributed by atoms with Gasteiger partial charge in [-0.25, -0.2) is 4.39 Å². The van der Waals surface area contributed by atoms with Crippen LogP contribution in [0.25, 0.3) is 0 Å². The van der Waals surface area contributed by atoms with Crippen LogP contribution in [-0.2, 0) is 6.42 Å². The van der Waals surface area contributed by atoms with Gasteiger partial charge in [0.25, 0.3) is 0 Å². The van der Waals surface area contributed by atoms with E-state index in [4.69, 9.17) is 5.73 Å². The number of nitrogens with zero attached hydrogens (tertiary/aromatic N) is 1. The van der Waals surface area contributed by atoms with Crippen molar-refractivity contribution in [3.8, 4) is 0 Å². The van der Waals surface area contributed by atoms with Crippen LogP contribution in [0.3, 0.4) is 0 Å². The van der Waals surface area contributed by atoms with Gasteiger partial charge in [-0.3, -0.25) is 4.90 Å². The van der Waals surface area contributed by atoms with Gasteiger partial charge in [-0.1, -0.05) is 42.5 Å². The summed E-state index contributed by atoms with van der Waals surface area (Å²) in [5.41, 5.74) is 8.51. The van der Waals surface area contributed by atoms with E-state index in [0.717, 1.165) is 18.5 Å². The van der Waals surface area contributed by atoms with Crippen LogP contribution in [0.15, 0.2) is 54.6 Å². The largest absolute Gasteiger partial charge is 0.326 e. The molecular weight excluding hydrogens is 263 g/mol. The van der Waals surface area contributed by atoms with Crippen molar-refractivity contribution in [2.45, 2.75) is 25.4 Å². The lowest BCUT2D eigenvalue weighted by atomic mass is 9.99. The fourth-order valence-electron chi connectivity index (χ4n) is 2.71. The maximum absolute atomic E-state index is 13.1. The summed E-state index contributed by atoms with van der Waals surface area (Å²) in [7, 11) is 2.07. The van der Waals surface area contributed by atoms with Crippen LogP contribution >= 0.6 is 0 Å². The number of rotatable bonds is 6. The number of likely N-dealkylation sites (N-methyl/N-ethyl adjacent to an activating group) is 1. The first kappa shape index (κ1) is 15.7. The average molecular weight is 286 g/mol. The van der Waals surface area contributed by atoms with Gasteiger partial charge in [-0.2, -0.15) is 0 Å². The second kappa shape index (κ2) is 7.34. The number of halogens is 1. The maximum atomic E-state index is 13.1. The van der Waals surface area contributed by atoms with E-state index in [1.54, 1.807) is 0 Å². The quantitative estimate of drug-likeness (QED) is 0.882. The Hall–Kier alpha value is -1.71. The summed E-state index contributed by atoms with van der Waals surface area (Å²) in [6.07, 6.45) is 0.974. The first-order valence-corrected chi connectivity index (χ1v) is 7.33. The van der Waals surface area contributed by atoms with Gasteiger partial charge in [0.1, 0.15) is 5.82 Å². The van der Waals surface area contributed by atoms with Crippen LogP contribution in [0.1, 0.15) is 24.1 Å². The van der Waals surface area contributed by atoms with Crippen molar-refractivity contribution in [2.75, 3.05) is 13.6 Å². The van der Waals surface area contributed by atoms with Crippen LogP contribution in [0.2, 0.25) is 0 Å². The van der Waals surface area contributed by atoms with E-state index in [2.05, 4.69) is 36.2 Å². The molecule has 0 fully saturated rings. The molecule has 0 aliphatic heterocycles. The summed E-state index contributed by atoms with van der Waals surface area (Å²) < 4.78 is 13.1. The van der Waals surface area contributed by atoms with Crippen molar-refractivity contribution in [3.63, 3.8) is 0 Å². The maximum Gasteiger partial charge on any atom is 0.123 e. The van der Waals surface area contributed by atoms with Crippen molar-refractivity contribution in [1.82, 2.24) is 4.90 Å². The molecule has 0 aromatic heterocycles. The molecule has 2 unspecified atom stereocenters. The van der Waals surface area contributed by atoms with E-state index in [9.17, 15) is 4.39 Å². The zero-order valence-corrected chi connectivity index (χ0v) is 12.7. The number of nitrogens with two attached hydrogens (primary N) is 1. The molecule has 2 aromatic carbocycles. The molecule has 0 spiro atoms. The molecule has 0 aliphatic rings. The lowest BCUT2D eigenvalue weighted by molar-refractivity contribution is 0.221. The van der Waals surface area contributed by atoms with E-state index in [1.807, 2.05) is 25.1 Å². The number of hydrogen-bond donors (Lipinski definition) is 1. The smallest absolute Gasteiger partial charge is 0.123 e. The first-order valence-electron chi connectivity index (χ1n) is 7.33. The Bertz CT molecular complexity index is 537. The minimum absolute atomic E-state index is 0.0174. The zero-order chi connectivity index (χ0) is 15.2. The van der Waals surface area contributed by atoms with Crippen LogP contribution in [0.4, 0.5) is 4.39 Å². The highest BCUT2D eigenvalue weighted by Gasteiger charge is 2.20. The second-order valence-electron chi connectivity index (χ2n) is 5.57. The Morgan fingerprint density at radius 1 is 1.05 bits per heavy atom. The summed E-state index contributed by atoms with van der Waals surface area (Å²) in [5.74, 6) is -0.214. The van der Waals surface area contributed by atoms with Gasteiger partial charge >= 0.3 is 0 Å². The molecule has 0 saturated heterocycles. The Kier molecular flexibility index (Phi) is 5.48. The SMILES string of the molecule is CC(N)C(c1ccc(F)cc1)N(C)CCc1ccccc1. The first-order chi connectivity index (χ1) is 10.1. The fourth-order valence-corrected chi connectivity index (χ4v) is 2.71. The van der Waals surface area contributed by atoms with Crippen LogP contribution < -0.4 is 5.73 Å². The predicted octanol–water partition coefficient (Wildman–Crippen LogP) is 3.39. The highest BCUT2D eigenvalue weighted by molar-refractivity contribution is 5.22. The third-order valence-corrected chi connectivity index (χ3v) is 3.78. The van der Waals surface area contributed by atoms with E-state index < -0.39 is 0 Å². The van der Waals surface area contributed by atoms with Gasteiger partial charge < -0.3 is 5.73 Å². The van der Waals surface area contributed by atoms with Crippen molar-refractivity contribution >= 4 is 0 Å². The van der Waals surface area contributed by atoms with E-state index >= 15 is 0 Å². The molecular formula is C18H23FN2. The fraction of sp³-hybridized carbons (Fsp3) is 0.333. The molecule has 2 atom stereocenters. The van der Waals surface area contributed by atoms with Crippen molar-refractivity contribution in [3.05, 3.63) is 71.5 Å². The molecule has 0 amide bonds. The lowest BCUT2D eigenvalue weighted by Gasteiger charge is -2.31. The van der Waals surface area contributed by atoms with Crippen LogP contribution in [0, 0.1) is 5.82 Å². The normalized spacial score (nSPS) is 14.1. The molecule has 3 heteroatoms. The third-order valence-electron chi connectivity index (χ3n) is 3.78. The predicted molar refractivity (Wildman–Crippen MR) is 85.6 cm³/mol. The van der Waals surface area contributed by atoms with Gasteiger partial charge in [0.05, 0.1) is 0 Å². The zero-order valence-electron chi connectivity index (χ0n) is 12.7. The summed E-state index contributed by atoms with van der Waals surface area (Å²) in [4.78, 5) is 2.24. The molecule has 2 N–H and O–H groups in total. The van der Waals surface area contributed by atoms with Crippen molar-refractivity contribution in [2.24, 2.45) is 5.73 Å². The highest BCUT2D eigenvalue weighted by atomic mass is 19.1. The Morgan fingerprint density at radius 2 is 1.67 bits per heavy atom. The monoisotopic (exact) mass is 286 g/mol. The van der Waals surface area contributed by atoms with E-state index in [0.29, 0.717) is 0 Å². The molecule has 2 rings (SSSR count). The van der Waals surface area contributed by atoms with Crippen LogP contribution in [-0.4, -0.2) is 24.5 Å². The molecule has 0 heterocycles. The standard InChI is InChI=1S/C18H23FN2/c1-14(20)18(16-8-10-17(19)11-9-16)21(2)13-12-15-6-4-3-5-7-15/h3-11,14,18H,12-13,20H2,1-2H3. The summed E-state index contributed by atoms with van der Waals surface area (Å²) in [5, 5.41) is 0. The van der Waals surface area contributed by atoms with Gasteiger partial charge in [-0.15, -0.1) is 0 Å². The molecule has 2 nitrogen and oxygen atoms in total. The summed E-state index contributed by atoms with van der Waals surface area (Å²) in [6.45, 7) is 2.90. The van der Waals surface area contributed by atoms with Gasteiger partial charge in [0, 0.05) is 18.6 Å². The average Bonchev–Trinajstić information content (AvgIpc) is 2.48. The summed E-state index contributed by atoms with van der Waals surface area (Å²) >= 11 is 0. The third kappa shape index (κ3) is 4.38. The molecule has 0 radical (unpaired) electrons. The topological polar surface area (TPSA) is 29.3 Å². The Balaban J connectivity index is 2.05. The molecule has 0 saturated carbocycles. The number of benzene rings is 2. The van der Waals surface area contributed by atoms with Gasteiger partial charge in [-0.05, 0) is 43.7 Å². The van der Waals surface area contributed by atoms with E-state index in [1.165, 1.54) is 17.7 Å². The minimum atomic E-state index is -0.214. The Morgan fingerprint density at radius 3 is 2.24 bits per heavy atom. The van der Waals surface area contributed by atoms with E-state index in [-0.39, 0.29) is 17.9 Å². The molecule has 112 valence electrons. The number of hydrogen-bond acceptors (Lipinski definition) is 2. The summed E-state index contributed by atoms with van der Waals surface area (Å²) in [6, 6.07) is 17.1. The molecule has 2 aromatic rings. The minimum Gasteiger partial charge on any atom is -0.326 e. The van der Waals surface area contributed by atoms with Gasteiger partial charge in [0.2, 0.25) is 0 Å². The molecule has 0 bridgehead atoms. The lowest BCUT2D eigenvalue weighted by Crippen LogP contribution is -2.38. The highest BCUT2D eigenvalue weighted by Crippen LogP contribution is 2.22. The molecule has 21 heavy (non-hydrogen) atoms. The van der Waals surface area contributed by atoms with Gasteiger partial charge in [0.15, 0.2) is 0 Å².